The molecule has 1 aromatic carbocycles. The maximum Gasteiger partial charge on any atom is 0.488 e. The van der Waals surface area contributed by atoms with E-state index in [0.717, 1.165) is 18.7 Å². The molecule has 0 bridgehead atoms. The quantitative estimate of drug-likeness (QED) is 0.671. The number of ether oxygens (including phenoxy) is 1. The van der Waals surface area contributed by atoms with E-state index in [9.17, 15) is 10.0 Å². The zero-order chi connectivity index (χ0) is 14.3. The summed E-state index contributed by atoms with van der Waals surface area (Å²) < 4.78 is 5.13. The van der Waals surface area contributed by atoms with E-state index in [1.165, 1.54) is 0 Å². The van der Waals surface area contributed by atoms with Crippen LogP contribution in [0.15, 0.2) is 24.3 Å². The Balaban J connectivity index is 2.77. The molecule has 0 saturated carbocycles. The highest BCUT2D eigenvalue weighted by Crippen LogP contribution is 2.06. The lowest BCUT2D eigenvalue weighted by Gasteiger charge is -2.25. The summed E-state index contributed by atoms with van der Waals surface area (Å²) in [7, 11) is 0.276. The Morgan fingerprint density at radius 1 is 1.26 bits per heavy atom. The molecule has 0 unspecified atom stereocenters. The lowest BCUT2D eigenvalue weighted by molar-refractivity contribution is 0.136. The normalized spacial score (nSPS) is 11.3. The van der Waals surface area contributed by atoms with Gasteiger partial charge in [-0.3, -0.25) is 4.90 Å². The van der Waals surface area contributed by atoms with Crippen molar-refractivity contribution in [3.63, 3.8) is 0 Å². The minimum Gasteiger partial charge on any atom is -0.423 e. The fourth-order valence-corrected chi connectivity index (χ4v) is 2.14. The Kier molecular flexibility index (Phi) is 7.09. The number of hydrogen-bond acceptors (Lipinski definition) is 4. The summed E-state index contributed by atoms with van der Waals surface area (Å²) in [6.07, 6.45) is 0. The Morgan fingerprint density at radius 3 is 2.53 bits per heavy atom. The molecule has 0 amide bonds. The Labute approximate surface area is 116 Å². The second kappa shape index (κ2) is 8.33. The lowest BCUT2D eigenvalue weighted by atomic mass is 9.77. The second-order valence-electron chi connectivity index (χ2n) is 5.19. The molecule has 0 radical (unpaired) electrons. The van der Waals surface area contributed by atoms with Crippen LogP contribution in [0.2, 0.25) is 0 Å². The zero-order valence-electron chi connectivity index (χ0n) is 12.0. The van der Waals surface area contributed by atoms with Gasteiger partial charge in [-0.25, -0.2) is 0 Å². The predicted octanol–water partition coefficient (Wildman–Crippen LogP) is 0.471. The van der Waals surface area contributed by atoms with Crippen LogP contribution < -0.4 is 5.46 Å². The van der Waals surface area contributed by atoms with Gasteiger partial charge < -0.3 is 14.8 Å². The van der Waals surface area contributed by atoms with E-state index < -0.39 is 7.12 Å². The van der Waals surface area contributed by atoms with Crippen molar-refractivity contribution >= 4 is 12.6 Å². The van der Waals surface area contributed by atoms with Crippen LogP contribution in [0.5, 0.6) is 0 Å². The Bertz CT molecular complexity index is 371. The van der Waals surface area contributed by atoms with Crippen molar-refractivity contribution in [2.24, 2.45) is 5.92 Å². The smallest absolute Gasteiger partial charge is 0.423 e. The molecule has 0 aliphatic carbocycles. The molecular weight excluding hydrogens is 241 g/mol. The maximum absolute atomic E-state index is 9.39. The zero-order valence-corrected chi connectivity index (χ0v) is 12.0. The van der Waals surface area contributed by atoms with Crippen molar-refractivity contribution in [3.8, 4) is 0 Å². The third kappa shape index (κ3) is 5.74. The SMILES string of the molecule is COCCN(Cc1ccccc1B(O)O)CC(C)C. The van der Waals surface area contributed by atoms with Gasteiger partial charge in [0, 0.05) is 26.7 Å². The summed E-state index contributed by atoms with van der Waals surface area (Å²) in [6.45, 7) is 7.52. The van der Waals surface area contributed by atoms with E-state index >= 15 is 0 Å². The highest BCUT2D eigenvalue weighted by molar-refractivity contribution is 6.59. The minimum absolute atomic E-state index is 0.558. The third-order valence-electron chi connectivity index (χ3n) is 2.96. The van der Waals surface area contributed by atoms with Gasteiger partial charge in [-0.15, -0.1) is 0 Å². The molecule has 106 valence electrons. The van der Waals surface area contributed by atoms with Crippen LogP contribution in [-0.2, 0) is 11.3 Å². The number of hydrogen-bond donors (Lipinski definition) is 2. The molecule has 0 spiro atoms. The molecule has 0 aliphatic rings. The average molecular weight is 265 g/mol. The molecule has 5 heteroatoms. The number of benzene rings is 1. The summed E-state index contributed by atoms with van der Waals surface area (Å²) in [6, 6.07) is 7.43. The third-order valence-corrected chi connectivity index (χ3v) is 2.96. The van der Waals surface area contributed by atoms with Crippen LogP contribution in [0.3, 0.4) is 0 Å². The van der Waals surface area contributed by atoms with Gasteiger partial charge in [0.15, 0.2) is 0 Å². The van der Waals surface area contributed by atoms with Crippen molar-refractivity contribution in [2.45, 2.75) is 20.4 Å². The van der Waals surface area contributed by atoms with Gasteiger partial charge in [-0.05, 0) is 16.9 Å². The summed E-state index contributed by atoms with van der Waals surface area (Å²) in [4.78, 5) is 2.27. The van der Waals surface area contributed by atoms with Crippen molar-refractivity contribution < 1.29 is 14.8 Å². The van der Waals surface area contributed by atoms with Crippen LogP contribution in [0.4, 0.5) is 0 Å². The predicted molar refractivity (Wildman–Crippen MR) is 78.3 cm³/mol. The molecular formula is C14H24BNO3. The molecule has 0 aromatic heterocycles. The molecule has 19 heavy (non-hydrogen) atoms. The molecule has 0 fully saturated rings. The van der Waals surface area contributed by atoms with Gasteiger partial charge in [0.2, 0.25) is 0 Å². The monoisotopic (exact) mass is 265 g/mol. The molecule has 4 nitrogen and oxygen atoms in total. The molecule has 1 aromatic rings. The fraction of sp³-hybridized carbons (Fsp3) is 0.571. The van der Waals surface area contributed by atoms with E-state index in [-0.39, 0.29) is 0 Å². The summed E-state index contributed by atoms with van der Waals surface area (Å²) in [5.41, 5.74) is 1.53. The van der Waals surface area contributed by atoms with Gasteiger partial charge in [0.25, 0.3) is 0 Å². The number of methoxy groups -OCH3 is 1. The highest BCUT2D eigenvalue weighted by atomic mass is 16.5. The van der Waals surface area contributed by atoms with E-state index in [1.807, 2.05) is 18.2 Å². The summed E-state index contributed by atoms with van der Waals surface area (Å²) in [5, 5.41) is 18.8. The molecule has 0 atom stereocenters. The largest absolute Gasteiger partial charge is 0.488 e. The molecule has 0 aliphatic heterocycles. The minimum atomic E-state index is -1.42. The van der Waals surface area contributed by atoms with Crippen molar-refractivity contribution in [1.29, 1.82) is 0 Å². The topological polar surface area (TPSA) is 52.9 Å². The Hall–Kier alpha value is -0.875. The molecule has 0 heterocycles. The number of rotatable bonds is 8. The van der Waals surface area contributed by atoms with Crippen LogP contribution in [0.25, 0.3) is 0 Å². The van der Waals surface area contributed by atoms with Crippen LogP contribution in [0, 0.1) is 5.92 Å². The number of nitrogens with zero attached hydrogens (tertiary/aromatic N) is 1. The van der Waals surface area contributed by atoms with Crippen molar-refractivity contribution in [1.82, 2.24) is 4.90 Å². The van der Waals surface area contributed by atoms with Gasteiger partial charge in [0.05, 0.1) is 6.61 Å². The second-order valence-corrected chi connectivity index (χ2v) is 5.19. The summed E-state index contributed by atoms with van der Waals surface area (Å²) >= 11 is 0. The van der Waals surface area contributed by atoms with Gasteiger partial charge in [-0.2, -0.15) is 0 Å². The first-order valence-electron chi connectivity index (χ1n) is 6.69. The van der Waals surface area contributed by atoms with Gasteiger partial charge >= 0.3 is 7.12 Å². The van der Waals surface area contributed by atoms with E-state index in [4.69, 9.17) is 4.74 Å². The standard InChI is InChI=1S/C14H24BNO3/c1-12(2)10-16(8-9-19-3)11-13-6-4-5-7-14(13)15(17)18/h4-7,12,17-18H,8-11H2,1-3H3. The fourth-order valence-electron chi connectivity index (χ4n) is 2.14. The van der Waals surface area contributed by atoms with E-state index in [0.29, 0.717) is 24.5 Å². The average Bonchev–Trinajstić information content (AvgIpc) is 2.35. The summed E-state index contributed by atoms with van der Waals surface area (Å²) in [5.74, 6) is 0.558. The first kappa shape index (κ1) is 16.2. The van der Waals surface area contributed by atoms with Crippen molar-refractivity contribution in [3.05, 3.63) is 29.8 Å². The van der Waals surface area contributed by atoms with Crippen LogP contribution in [-0.4, -0.2) is 48.9 Å². The van der Waals surface area contributed by atoms with Gasteiger partial charge in [0.1, 0.15) is 0 Å². The lowest BCUT2D eigenvalue weighted by Crippen LogP contribution is -2.37. The first-order chi connectivity index (χ1) is 9.04. The maximum atomic E-state index is 9.39. The van der Waals surface area contributed by atoms with Gasteiger partial charge in [-0.1, -0.05) is 38.1 Å². The molecule has 1 rings (SSSR count). The van der Waals surface area contributed by atoms with E-state index in [1.54, 1.807) is 13.2 Å². The van der Waals surface area contributed by atoms with Crippen molar-refractivity contribution in [2.75, 3.05) is 26.8 Å². The first-order valence-corrected chi connectivity index (χ1v) is 6.69. The van der Waals surface area contributed by atoms with Crippen LogP contribution >= 0.6 is 0 Å². The van der Waals surface area contributed by atoms with Crippen LogP contribution in [0.1, 0.15) is 19.4 Å². The van der Waals surface area contributed by atoms with E-state index in [2.05, 4.69) is 18.7 Å². The molecule has 0 saturated heterocycles. The Morgan fingerprint density at radius 2 is 1.95 bits per heavy atom. The molecule has 2 N–H and O–H groups in total. The highest BCUT2D eigenvalue weighted by Gasteiger charge is 2.17.